The molecule has 2 heterocycles. The number of hydrogen-bond acceptors (Lipinski definition) is 6. The molecule has 0 saturated heterocycles. The van der Waals surface area contributed by atoms with Crippen LogP contribution in [0.3, 0.4) is 0 Å². The molecule has 32 heavy (non-hydrogen) atoms. The first kappa shape index (κ1) is 20.7. The summed E-state index contributed by atoms with van der Waals surface area (Å²) in [4.78, 5) is 49.6. The smallest absolute Gasteiger partial charge is 0.283 e. The highest BCUT2D eigenvalue weighted by Crippen LogP contribution is 2.18. The summed E-state index contributed by atoms with van der Waals surface area (Å²) in [7, 11) is 0. The molecule has 160 valence electrons. The maximum Gasteiger partial charge on any atom is 0.310 e. The van der Waals surface area contributed by atoms with Gasteiger partial charge in [0.25, 0.3) is 17.2 Å². The van der Waals surface area contributed by atoms with Crippen LogP contribution >= 0.6 is 0 Å². The number of aromatic nitrogens is 4. The molecule has 0 aliphatic rings. The van der Waals surface area contributed by atoms with E-state index >= 15 is 0 Å². The first-order valence-corrected chi connectivity index (χ1v) is 9.62. The van der Waals surface area contributed by atoms with Crippen LogP contribution in [-0.4, -0.2) is 37.6 Å². The van der Waals surface area contributed by atoms with Gasteiger partial charge >= 0.3 is 5.91 Å². The minimum Gasteiger partial charge on any atom is -0.283 e. The topological polar surface area (TPSA) is 139 Å². The number of rotatable bonds is 4. The SMILES string of the molecule is Cc1nn(-c2ccccc2)c(C)c1C(=O)C(=O)NNC(=O)c1n[nH]c(=O)c2ccccc12. The van der Waals surface area contributed by atoms with E-state index in [0.717, 1.165) is 5.69 Å². The van der Waals surface area contributed by atoms with Crippen LogP contribution in [0.25, 0.3) is 16.5 Å². The lowest BCUT2D eigenvalue weighted by Gasteiger charge is -2.08. The Hall–Kier alpha value is -4.60. The number of amides is 2. The Morgan fingerprint density at radius 1 is 0.906 bits per heavy atom. The lowest BCUT2D eigenvalue weighted by molar-refractivity contribution is -0.117. The lowest BCUT2D eigenvalue weighted by atomic mass is 10.1. The zero-order chi connectivity index (χ0) is 22.8. The maximum absolute atomic E-state index is 12.8. The predicted octanol–water partition coefficient (Wildman–Crippen LogP) is 1.37. The molecule has 2 aromatic heterocycles. The van der Waals surface area contributed by atoms with Crippen LogP contribution in [0.1, 0.15) is 32.2 Å². The van der Waals surface area contributed by atoms with Gasteiger partial charge in [-0.1, -0.05) is 36.4 Å². The highest BCUT2D eigenvalue weighted by atomic mass is 16.2. The van der Waals surface area contributed by atoms with Gasteiger partial charge in [0.1, 0.15) is 0 Å². The number of fused-ring (bicyclic) bond motifs is 1. The molecular weight excluding hydrogens is 412 g/mol. The minimum absolute atomic E-state index is 0.0998. The Labute approximate surface area is 181 Å². The summed E-state index contributed by atoms with van der Waals surface area (Å²) in [6, 6.07) is 15.6. The molecule has 2 aromatic carbocycles. The van der Waals surface area contributed by atoms with E-state index in [1.165, 1.54) is 0 Å². The van der Waals surface area contributed by atoms with Crippen molar-refractivity contribution < 1.29 is 14.4 Å². The number of hydrazine groups is 1. The monoisotopic (exact) mass is 430 g/mol. The Kier molecular flexibility index (Phi) is 5.34. The number of Topliss-reactive ketones (excluding diaryl/α,β-unsaturated/α-hetero) is 1. The van der Waals surface area contributed by atoms with Crippen LogP contribution in [0.5, 0.6) is 0 Å². The fourth-order valence-electron chi connectivity index (χ4n) is 3.42. The minimum atomic E-state index is -1.04. The number of H-pyrrole nitrogens is 1. The average Bonchev–Trinajstić information content (AvgIpc) is 3.11. The Morgan fingerprint density at radius 3 is 2.28 bits per heavy atom. The molecular formula is C22H18N6O4. The van der Waals surface area contributed by atoms with Crippen molar-refractivity contribution in [2.75, 3.05) is 0 Å². The van der Waals surface area contributed by atoms with Crippen LogP contribution in [0.2, 0.25) is 0 Å². The summed E-state index contributed by atoms with van der Waals surface area (Å²) in [5.74, 6) is -2.67. The van der Waals surface area contributed by atoms with Crippen molar-refractivity contribution in [2.45, 2.75) is 13.8 Å². The van der Waals surface area contributed by atoms with Gasteiger partial charge in [0.15, 0.2) is 5.69 Å². The highest BCUT2D eigenvalue weighted by molar-refractivity contribution is 6.43. The number of benzene rings is 2. The third-order valence-electron chi connectivity index (χ3n) is 4.93. The summed E-state index contributed by atoms with van der Waals surface area (Å²) in [6.07, 6.45) is 0. The maximum atomic E-state index is 12.8. The van der Waals surface area contributed by atoms with E-state index in [4.69, 9.17) is 0 Å². The number of carbonyl (C=O) groups excluding carboxylic acids is 3. The molecule has 10 nitrogen and oxygen atoms in total. The third kappa shape index (κ3) is 3.65. The molecule has 0 bridgehead atoms. The first-order chi connectivity index (χ1) is 15.4. The molecule has 0 saturated carbocycles. The van der Waals surface area contributed by atoms with Gasteiger partial charge in [-0.2, -0.15) is 10.2 Å². The number of para-hydroxylation sites is 1. The van der Waals surface area contributed by atoms with Crippen molar-refractivity contribution in [3.63, 3.8) is 0 Å². The molecule has 4 aromatic rings. The number of carbonyl (C=O) groups is 3. The van der Waals surface area contributed by atoms with E-state index in [0.29, 0.717) is 16.8 Å². The van der Waals surface area contributed by atoms with Gasteiger partial charge in [-0.15, -0.1) is 0 Å². The molecule has 10 heteroatoms. The van der Waals surface area contributed by atoms with Gasteiger partial charge in [0.2, 0.25) is 0 Å². The predicted molar refractivity (Wildman–Crippen MR) is 115 cm³/mol. The largest absolute Gasteiger partial charge is 0.310 e. The normalized spacial score (nSPS) is 10.7. The van der Waals surface area contributed by atoms with Crippen LogP contribution in [0, 0.1) is 13.8 Å². The molecule has 0 atom stereocenters. The van der Waals surface area contributed by atoms with Gasteiger partial charge in [0, 0.05) is 5.39 Å². The van der Waals surface area contributed by atoms with Gasteiger partial charge in [-0.25, -0.2) is 9.78 Å². The molecule has 2 amide bonds. The van der Waals surface area contributed by atoms with E-state index < -0.39 is 23.2 Å². The summed E-state index contributed by atoms with van der Waals surface area (Å²) in [5.41, 5.74) is 5.49. The second-order valence-corrected chi connectivity index (χ2v) is 6.98. The Bertz CT molecular complexity index is 1420. The van der Waals surface area contributed by atoms with E-state index in [1.54, 1.807) is 42.8 Å². The Balaban J connectivity index is 1.53. The number of nitrogens with one attached hydrogen (secondary N) is 3. The van der Waals surface area contributed by atoms with Crippen molar-refractivity contribution >= 4 is 28.4 Å². The zero-order valence-electron chi connectivity index (χ0n) is 17.2. The van der Waals surface area contributed by atoms with E-state index in [-0.39, 0.29) is 16.6 Å². The zero-order valence-corrected chi connectivity index (χ0v) is 17.2. The van der Waals surface area contributed by atoms with Crippen molar-refractivity contribution in [2.24, 2.45) is 0 Å². The van der Waals surface area contributed by atoms with Crippen LogP contribution in [-0.2, 0) is 4.79 Å². The van der Waals surface area contributed by atoms with E-state index in [2.05, 4.69) is 26.1 Å². The molecule has 3 N–H and O–H groups in total. The second kappa shape index (κ2) is 8.26. The molecule has 0 radical (unpaired) electrons. The molecule has 0 spiro atoms. The number of aryl methyl sites for hydroxylation is 1. The van der Waals surface area contributed by atoms with Crippen molar-refractivity contribution in [1.82, 2.24) is 30.8 Å². The third-order valence-corrected chi connectivity index (χ3v) is 4.93. The van der Waals surface area contributed by atoms with Crippen molar-refractivity contribution in [1.29, 1.82) is 0 Å². The van der Waals surface area contributed by atoms with Crippen LogP contribution in [0.15, 0.2) is 59.4 Å². The Morgan fingerprint density at radius 2 is 1.56 bits per heavy atom. The van der Waals surface area contributed by atoms with Gasteiger partial charge < -0.3 is 0 Å². The van der Waals surface area contributed by atoms with Gasteiger partial charge in [-0.05, 0) is 32.0 Å². The van der Waals surface area contributed by atoms with Crippen LogP contribution < -0.4 is 16.4 Å². The van der Waals surface area contributed by atoms with Crippen LogP contribution in [0.4, 0.5) is 0 Å². The summed E-state index contributed by atoms with van der Waals surface area (Å²) < 4.78 is 1.57. The number of nitrogens with zero attached hydrogens (tertiary/aromatic N) is 3. The average molecular weight is 430 g/mol. The van der Waals surface area contributed by atoms with Gasteiger partial charge in [-0.3, -0.25) is 30.0 Å². The summed E-state index contributed by atoms with van der Waals surface area (Å²) in [5, 5.41) is 10.9. The van der Waals surface area contributed by atoms with E-state index in [1.807, 2.05) is 30.3 Å². The van der Waals surface area contributed by atoms with E-state index in [9.17, 15) is 19.2 Å². The van der Waals surface area contributed by atoms with Crippen molar-refractivity contribution in [3.05, 3.63) is 87.6 Å². The molecule has 0 aliphatic heterocycles. The molecule has 4 rings (SSSR count). The van der Waals surface area contributed by atoms with Gasteiger partial charge in [0.05, 0.1) is 28.0 Å². The first-order valence-electron chi connectivity index (χ1n) is 9.62. The molecule has 0 fully saturated rings. The summed E-state index contributed by atoms with van der Waals surface area (Å²) in [6.45, 7) is 3.31. The second-order valence-electron chi connectivity index (χ2n) is 6.98. The highest BCUT2D eigenvalue weighted by Gasteiger charge is 2.26. The number of hydrogen-bond donors (Lipinski definition) is 3. The lowest BCUT2D eigenvalue weighted by Crippen LogP contribution is -2.45. The number of aromatic amines is 1. The molecule has 0 aliphatic carbocycles. The summed E-state index contributed by atoms with van der Waals surface area (Å²) >= 11 is 0. The fourth-order valence-corrected chi connectivity index (χ4v) is 3.42. The quantitative estimate of drug-likeness (QED) is 0.254. The number of ketones is 1. The molecule has 0 unspecified atom stereocenters. The van der Waals surface area contributed by atoms with Crippen molar-refractivity contribution in [3.8, 4) is 5.69 Å². The standard InChI is InChI=1S/C22H18N6O4/c1-12-17(13(2)28(27-12)14-8-4-3-5-9-14)19(29)22(32)26-25-21(31)18-15-10-6-7-11-16(15)20(30)24-23-18/h3-11H,1-2H3,(H,24,30)(H,25,31)(H,26,32). The fraction of sp³-hybridized carbons (Fsp3) is 0.0909.